The summed E-state index contributed by atoms with van der Waals surface area (Å²) in [5, 5.41) is 1.47. The molecule has 0 amide bonds. The van der Waals surface area contributed by atoms with Gasteiger partial charge in [0.05, 0.1) is 0 Å². The number of hydrogen-bond acceptors (Lipinski definition) is 1. The van der Waals surface area contributed by atoms with Gasteiger partial charge in [0.2, 0.25) is 0 Å². The Labute approximate surface area is 288 Å². The molecule has 0 fully saturated rings. The Morgan fingerprint density at radius 2 is 1.16 bits per heavy atom. The predicted octanol–water partition coefficient (Wildman–Crippen LogP) is 9.81. The van der Waals surface area contributed by atoms with Crippen LogP contribution in [0.5, 0.6) is 0 Å². The van der Waals surface area contributed by atoms with Crippen LogP contribution in [0.1, 0.15) is 22.3 Å². The number of fused-ring (bicyclic) bond motifs is 7. The second-order valence-corrected chi connectivity index (χ2v) is 16.8. The van der Waals surface area contributed by atoms with E-state index in [2.05, 4.69) is 117 Å². The van der Waals surface area contributed by atoms with Crippen LogP contribution in [0.4, 0.5) is 11.4 Å². The fourth-order valence-electron chi connectivity index (χ4n) is 8.66. The average Bonchev–Trinajstić information content (AvgIpc) is 3.50. The summed E-state index contributed by atoms with van der Waals surface area (Å²) >= 11 is -5.84. The summed E-state index contributed by atoms with van der Waals surface area (Å²) in [6.07, 6.45) is 0. The SMILES string of the molecule is FI(F)(=Nc1ccccc1)c1ccc2c3c1c1ccccc1n3-c1cccc3c1B2c1ccccc1C3(c1ccccc1)c1ccccc1. The van der Waals surface area contributed by atoms with E-state index in [9.17, 15) is 0 Å². The van der Waals surface area contributed by atoms with Gasteiger partial charge < -0.3 is 0 Å². The van der Waals surface area contributed by atoms with Gasteiger partial charge in [0, 0.05) is 0 Å². The van der Waals surface area contributed by atoms with Gasteiger partial charge in [0.25, 0.3) is 0 Å². The molecule has 49 heavy (non-hydrogen) atoms. The van der Waals surface area contributed by atoms with Gasteiger partial charge in [-0.25, -0.2) is 0 Å². The molecule has 7 aromatic carbocycles. The molecule has 0 spiro atoms. The van der Waals surface area contributed by atoms with E-state index in [0.29, 0.717) is 11.1 Å². The molecule has 0 N–H and O–H groups in total. The molecule has 0 unspecified atom stereocenters. The first kappa shape index (κ1) is 28.8. The number of aromatic nitrogens is 1. The maximum atomic E-state index is 16.6. The van der Waals surface area contributed by atoms with E-state index in [-0.39, 0.29) is 10.3 Å². The van der Waals surface area contributed by atoms with Crippen molar-refractivity contribution in [3.05, 3.63) is 196 Å². The van der Waals surface area contributed by atoms with Crippen molar-refractivity contribution in [2.75, 3.05) is 0 Å². The van der Waals surface area contributed by atoms with Crippen molar-refractivity contribution in [3.8, 4) is 5.69 Å². The predicted molar refractivity (Wildman–Crippen MR) is 207 cm³/mol. The van der Waals surface area contributed by atoms with Crippen LogP contribution in [0.3, 0.4) is 0 Å². The Morgan fingerprint density at radius 3 is 1.90 bits per heavy atom. The Balaban J connectivity index is 1.38. The number of halogens is 3. The maximum absolute atomic E-state index is 16.6. The first-order valence-electron chi connectivity index (χ1n) is 16.4. The topological polar surface area (TPSA) is 17.3 Å². The number of rotatable bonds is 4. The van der Waals surface area contributed by atoms with Crippen molar-refractivity contribution in [2.45, 2.75) is 5.41 Å². The molecule has 0 radical (unpaired) electrons. The summed E-state index contributed by atoms with van der Waals surface area (Å²) in [5.74, 6) is 0. The molecule has 10 rings (SSSR count). The van der Waals surface area contributed by atoms with Crippen molar-refractivity contribution in [2.24, 2.45) is 3.15 Å². The molecule has 234 valence electrons. The molecule has 6 heteroatoms. The van der Waals surface area contributed by atoms with Crippen LogP contribution < -0.4 is 16.4 Å². The second-order valence-electron chi connectivity index (χ2n) is 12.8. The van der Waals surface area contributed by atoms with Gasteiger partial charge in [-0.1, -0.05) is 0 Å². The van der Waals surface area contributed by atoms with E-state index in [1.54, 1.807) is 30.3 Å². The van der Waals surface area contributed by atoms with Gasteiger partial charge in [-0.05, 0) is 0 Å². The van der Waals surface area contributed by atoms with Crippen LogP contribution in [-0.2, 0) is 5.41 Å². The molecule has 0 saturated heterocycles. The van der Waals surface area contributed by atoms with Crippen LogP contribution in [-0.4, -0.2) is 11.3 Å². The minimum absolute atomic E-state index is 0.0936. The van der Waals surface area contributed by atoms with Crippen LogP contribution in [0.25, 0.3) is 27.5 Å². The van der Waals surface area contributed by atoms with Gasteiger partial charge in [-0.15, -0.1) is 0 Å². The molecule has 8 aromatic rings. The summed E-state index contributed by atoms with van der Waals surface area (Å²) in [7, 11) is 0. The fourth-order valence-corrected chi connectivity index (χ4v) is 11.8. The molecule has 2 aliphatic heterocycles. The zero-order valence-electron chi connectivity index (χ0n) is 26.3. The van der Waals surface area contributed by atoms with E-state index in [0.717, 1.165) is 27.6 Å². The number of benzene rings is 7. The number of hydrogen-bond donors (Lipinski definition) is 0. The Morgan fingerprint density at radius 1 is 0.551 bits per heavy atom. The Hall–Kier alpha value is -5.21. The molecule has 0 atom stereocenters. The molecule has 2 aliphatic rings. The zero-order valence-corrected chi connectivity index (χ0v) is 28.4. The van der Waals surface area contributed by atoms with Gasteiger partial charge >= 0.3 is 290 Å². The van der Waals surface area contributed by atoms with Gasteiger partial charge in [-0.2, -0.15) is 0 Å². The first-order chi connectivity index (χ1) is 24.1. The Kier molecular flexibility index (Phi) is 6.25. The molecule has 0 aliphatic carbocycles. The van der Waals surface area contributed by atoms with Crippen LogP contribution in [0.2, 0.25) is 0 Å². The van der Waals surface area contributed by atoms with Gasteiger partial charge in [0.15, 0.2) is 0 Å². The molecule has 3 heterocycles. The van der Waals surface area contributed by atoms with Crippen molar-refractivity contribution in [1.29, 1.82) is 0 Å². The first-order valence-corrected chi connectivity index (χ1v) is 20.1. The van der Waals surface area contributed by atoms with Crippen LogP contribution in [0, 0.1) is 3.57 Å². The summed E-state index contributed by atoms with van der Waals surface area (Å²) in [6, 6.07) is 57.3. The van der Waals surface area contributed by atoms with Gasteiger partial charge in [0.1, 0.15) is 0 Å². The quantitative estimate of drug-likeness (QED) is 0.126. The average molecular weight is 748 g/mol. The van der Waals surface area contributed by atoms with E-state index >= 15 is 5.72 Å². The molecule has 1 aromatic heterocycles. The van der Waals surface area contributed by atoms with E-state index in [1.165, 1.54) is 33.2 Å². The zero-order chi connectivity index (χ0) is 32.7. The van der Waals surface area contributed by atoms with E-state index < -0.39 is 24.8 Å². The van der Waals surface area contributed by atoms with Crippen molar-refractivity contribution >= 4 is 70.0 Å². The second kappa shape index (κ2) is 10.6. The third-order valence-corrected chi connectivity index (χ3v) is 13.9. The minimum atomic E-state index is -5.84. The van der Waals surface area contributed by atoms with Crippen molar-refractivity contribution < 1.29 is 5.72 Å². The molecule has 2 nitrogen and oxygen atoms in total. The standard InChI is InChI=1S/C43H28BF2IN2/c45-47(46,48-31-19-8-3-9-20-31)37-28-27-36-42-40(37)32-21-10-13-25-38(32)49(42)39-26-14-23-34-41(39)44(36)35-24-12-11-22-33(35)43(34,29-15-4-1-5-16-29)30-17-6-2-7-18-30/h1-28H. The van der Waals surface area contributed by atoms with E-state index in [4.69, 9.17) is 0 Å². The van der Waals surface area contributed by atoms with Gasteiger partial charge in [-0.3, -0.25) is 0 Å². The summed E-state index contributed by atoms with van der Waals surface area (Å²) in [6.45, 7) is -0.136. The van der Waals surface area contributed by atoms with E-state index in [1.807, 2.05) is 30.3 Å². The fraction of sp³-hybridized carbons (Fsp3) is 0.0233. The molecule has 0 saturated carbocycles. The summed E-state index contributed by atoms with van der Waals surface area (Å²) in [4.78, 5) is 0. The van der Waals surface area contributed by atoms with Crippen LogP contribution in [0.15, 0.2) is 173 Å². The Bertz CT molecular complexity index is 2610. The molecular weight excluding hydrogens is 720 g/mol. The molecular formula is C43H28BF2IN2. The molecule has 0 bridgehead atoms. The number of para-hydroxylation sites is 1. The summed E-state index contributed by atoms with van der Waals surface area (Å²) in [5.41, 5.74) is 10.9. The third kappa shape index (κ3) is 3.92. The van der Waals surface area contributed by atoms with Crippen molar-refractivity contribution in [1.82, 2.24) is 4.57 Å². The normalized spacial score (nSPS) is 14.4. The monoisotopic (exact) mass is 748 g/mol. The summed E-state index contributed by atoms with van der Waals surface area (Å²) < 4.78 is 39.8. The van der Waals surface area contributed by atoms with Crippen molar-refractivity contribution in [3.63, 3.8) is 0 Å². The number of nitrogens with zero attached hydrogens (tertiary/aromatic N) is 2. The third-order valence-electron chi connectivity index (χ3n) is 10.4. The van der Waals surface area contributed by atoms with Crippen LogP contribution >= 0.6 is 19.4 Å².